The van der Waals surface area contributed by atoms with Gasteiger partial charge in [0.1, 0.15) is 5.82 Å². The van der Waals surface area contributed by atoms with Crippen LogP contribution in [-0.2, 0) is 9.84 Å². The summed E-state index contributed by atoms with van der Waals surface area (Å²) in [5.41, 5.74) is 2.82. The summed E-state index contributed by atoms with van der Waals surface area (Å²) in [5, 5.41) is 9.64. The average Bonchev–Trinajstić information content (AvgIpc) is 3.05. The normalized spacial score (nSPS) is 11.8. The summed E-state index contributed by atoms with van der Waals surface area (Å²) in [5.74, 6) is -0.389. The first-order valence-electron chi connectivity index (χ1n) is 8.17. The highest BCUT2D eigenvalue weighted by Crippen LogP contribution is 2.32. The fraction of sp³-hybridized carbons (Fsp3) is 0.111. The molecule has 0 radical (unpaired) electrons. The third kappa shape index (κ3) is 2.97. The molecule has 0 atom stereocenters. The highest BCUT2D eigenvalue weighted by Gasteiger charge is 2.23. The van der Waals surface area contributed by atoms with E-state index in [0.29, 0.717) is 34.0 Å². The van der Waals surface area contributed by atoms with Gasteiger partial charge in [-0.3, -0.25) is 9.61 Å². The van der Waals surface area contributed by atoms with E-state index in [0.717, 1.165) is 11.0 Å². The Morgan fingerprint density at radius 2 is 1.86 bits per heavy atom. The number of aromatic nitrogens is 5. The van der Waals surface area contributed by atoms with Crippen molar-refractivity contribution in [2.75, 3.05) is 6.26 Å². The van der Waals surface area contributed by atoms with Gasteiger partial charge in [0, 0.05) is 29.7 Å². The molecule has 4 rings (SSSR count). The zero-order valence-corrected chi connectivity index (χ0v) is 15.7. The second-order valence-electron chi connectivity index (χ2n) is 6.23. The number of aryl methyl sites for hydroxylation is 1. The van der Waals surface area contributed by atoms with Crippen molar-refractivity contribution in [1.82, 2.24) is 19.4 Å². The van der Waals surface area contributed by atoms with Gasteiger partial charge in [0.15, 0.2) is 0 Å². The number of halogens is 1. The van der Waals surface area contributed by atoms with Gasteiger partial charge in [-0.15, -0.1) is 0 Å². The van der Waals surface area contributed by atoms with Crippen molar-refractivity contribution in [1.29, 1.82) is 0 Å². The van der Waals surface area contributed by atoms with Gasteiger partial charge < -0.3 is 0 Å². The number of nitrogens with zero attached hydrogens (tertiary/aromatic N) is 5. The lowest BCUT2D eigenvalue weighted by atomic mass is 10.1. The number of rotatable bonds is 3. The first-order chi connectivity index (χ1) is 13.3. The van der Waals surface area contributed by atoms with Crippen LogP contribution < -0.4 is 4.73 Å². The van der Waals surface area contributed by atoms with Crippen LogP contribution in [0.4, 0.5) is 4.39 Å². The highest BCUT2D eigenvalue weighted by atomic mass is 32.2. The van der Waals surface area contributed by atoms with Crippen LogP contribution in [0.15, 0.2) is 54.1 Å². The number of benzene rings is 1. The zero-order valence-electron chi connectivity index (χ0n) is 14.9. The van der Waals surface area contributed by atoms with E-state index < -0.39 is 9.84 Å². The Hall–Kier alpha value is -3.40. The van der Waals surface area contributed by atoms with Crippen molar-refractivity contribution in [2.45, 2.75) is 12.1 Å². The SMILES string of the molecule is Cc1c2nc(-c3ccc(F)cc3)c(-c3ccnc(S(C)(=O)=O)n3)n2cc[n+]1O. The summed E-state index contributed by atoms with van der Waals surface area (Å²) < 4.78 is 39.8. The second-order valence-corrected chi connectivity index (χ2v) is 8.14. The van der Waals surface area contributed by atoms with Gasteiger partial charge in [0.25, 0.3) is 5.69 Å². The van der Waals surface area contributed by atoms with Gasteiger partial charge >= 0.3 is 0 Å². The first-order valence-corrected chi connectivity index (χ1v) is 10.1. The van der Waals surface area contributed by atoms with Crippen molar-refractivity contribution in [3.05, 3.63) is 60.4 Å². The van der Waals surface area contributed by atoms with E-state index >= 15 is 0 Å². The fourth-order valence-corrected chi connectivity index (χ4v) is 3.40. The van der Waals surface area contributed by atoms with Crippen molar-refractivity contribution in [3.63, 3.8) is 0 Å². The molecule has 0 unspecified atom stereocenters. The average molecular weight is 400 g/mol. The molecule has 0 aliphatic rings. The Morgan fingerprint density at radius 3 is 2.54 bits per heavy atom. The molecule has 0 saturated carbocycles. The zero-order chi connectivity index (χ0) is 20.1. The Morgan fingerprint density at radius 1 is 1.14 bits per heavy atom. The van der Waals surface area contributed by atoms with E-state index in [1.54, 1.807) is 35.7 Å². The number of sulfone groups is 1. The molecule has 0 aliphatic heterocycles. The Labute approximate surface area is 159 Å². The molecule has 0 bridgehead atoms. The molecule has 0 fully saturated rings. The summed E-state index contributed by atoms with van der Waals surface area (Å²) in [4.78, 5) is 12.6. The van der Waals surface area contributed by atoms with Gasteiger partial charge in [-0.1, -0.05) is 0 Å². The van der Waals surface area contributed by atoms with E-state index in [4.69, 9.17) is 0 Å². The summed E-state index contributed by atoms with van der Waals surface area (Å²) >= 11 is 0. The summed E-state index contributed by atoms with van der Waals surface area (Å²) in [6.45, 7) is 1.68. The maximum Gasteiger partial charge on any atom is 0.273 e. The van der Waals surface area contributed by atoms with Crippen LogP contribution in [0.2, 0.25) is 0 Å². The lowest BCUT2D eigenvalue weighted by molar-refractivity contribution is -0.908. The number of hydrogen-bond donors (Lipinski definition) is 1. The minimum absolute atomic E-state index is 0.310. The third-order valence-corrected chi connectivity index (χ3v) is 5.12. The predicted molar refractivity (Wildman–Crippen MR) is 96.8 cm³/mol. The standard InChI is InChI=1S/C18H15FN5O3S/c1-11-17-22-15(12-3-5-13(19)6-4-12)16(23(17)9-10-24(11)25)14-7-8-20-18(21-14)28(2,26)27/h3-10,25H,1-2H3/q+1. The van der Waals surface area contributed by atoms with Crippen LogP contribution in [0, 0.1) is 12.7 Å². The molecule has 4 aromatic rings. The maximum absolute atomic E-state index is 13.4. The quantitative estimate of drug-likeness (QED) is 0.320. The third-order valence-electron chi connectivity index (χ3n) is 4.26. The van der Waals surface area contributed by atoms with Crippen LogP contribution in [0.25, 0.3) is 28.3 Å². The first kappa shape index (κ1) is 18.0. The van der Waals surface area contributed by atoms with E-state index in [2.05, 4.69) is 15.0 Å². The highest BCUT2D eigenvalue weighted by molar-refractivity contribution is 7.90. The molecule has 142 valence electrons. The molecule has 0 amide bonds. The molecular formula is C18H15FN5O3S+. The molecular weight excluding hydrogens is 385 g/mol. The van der Waals surface area contributed by atoms with Gasteiger partial charge in [0.05, 0.1) is 23.3 Å². The van der Waals surface area contributed by atoms with Gasteiger partial charge in [-0.25, -0.2) is 27.8 Å². The molecule has 28 heavy (non-hydrogen) atoms. The molecule has 10 heteroatoms. The number of hydrogen-bond acceptors (Lipinski definition) is 6. The van der Waals surface area contributed by atoms with E-state index in [1.807, 2.05) is 0 Å². The largest absolute Gasteiger partial charge is 0.286 e. The van der Waals surface area contributed by atoms with E-state index in [1.165, 1.54) is 24.5 Å². The topological polar surface area (TPSA) is 101 Å². The van der Waals surface area contributed by atoms with Crippen LogP contribution in [0.3, 0.4) is 0 Å². The van der Waals surface area contributed by atoms with Gasteiger partial charge in [-0.2, -0.15) is 0 Å². The molecule has 0 spiro atoms. The fourth-order valence-electron chi connectivity index (χ4n) is 2.88. The predicted octanol–water partition coefficient (Wildman–Crippen LogP) is 1.83. The van der Waals surface area contributed by atoms with Crippen LogP contribution in [-0.4, -0.2) is 39.2 Å². The van der Waals surface area contributed by atoms with Crippen molar-refractivity contribution in [3.8, 4) is 22.6 Å². The smallest absolute Gasteiger partial charge is 0.273 e. The Balaban J connectivity index is 2.08. The minimum Gasteiger partial charge on any atom is -0.286 e. The molecule has 0 saturated heterocycles. The summed E-state index contributed by atoms with van der Waals surface area (Å²) in [6.07, 6.45) is 5.40. The van der Waals surface area contributed by atoms with Crippen molar-refractivity contribution in [2.24, 2.45) is 0 Å². The van der Waals surface area contributed by atoms with E-state index in [9.17, 15) is 18.0 Å². The molecule has 0 aliphatic carbocycles. The Kier molecular flexibility index (Phi) is 4.07. The van der Waals surface area contributed by atoms with E-state index in [-0.39, 0.29) is 11.0 Å². The maximum atomic E-state index is 13.4. The van der Waals surface area contributed by atoms with Crippen LogP contribution in [0.5, 0.6) is 0 Å². The van der Waals surface area contributed by atoms with Crippen molar-refractivity contribution >= 4 is 15.5 Å². The molecule has 8 nitrogen and oxygen atoms in total. The molecule has 1 aromatic carbocycles. The van der Waals surface area contributed by atoms with Crippen LogP contribution in [0.1, 0.15) is 5.69 Å². The molecule has 3 heterocycles. The monoisotopic (exact) mass is 400 g/mol. The van der Waals surface area contributed by atoms with Crippen molar-refractivity contribution < 1.29 is 22.7 Å². The lowest BCUT2D eigenvalue weighted by Gasteiger charge is -2.06. The minimum atomic E-state index is -3.61. The van der Waals surface area contributed by atoms with Gasteiger partial charge in [0.2, 0.25) is 26.8 Å². The van der Waals surface area contributed by atoms with Gasteiger partial charge in [-0.05, 0) is 30.3 Å². The summed E-state index contributed by atoms with van der Waals surface area (Å²) in [6, 6.07) is 7.33. The molecule has 3 aromatic heterocycles. The summed E-state index contributed by atoms with van der Waals surface area (Å²) in [7, 11) is -3.61. The molecule has 1 N–H and O–H groups in total. The lowest BCUT2D eigenvalue weighted by Crippen LogP contribution is -2.33. The number of fused-ring (bicyclic) bond motifs is 1. The second kappa shape index (κ2) is 6.34. The number of imidazole rings is 1. The Bertz CT molecular complexity index is 1320. The van der Waals surface area contributed by atoms with Crippen LogP contribution >= 0.6 is 0 Å².